The summed E-state index contributed by atoms with van der Waals surface area (Å²) in [6.45, 7) is 1.65. The van der Waals surface area contributed by atoms with Crippen molar-refractivity contribution in [1.82, 2.24) is 19.8 Å². The van der Waals surface area contributed by atoms with E-state index in [9.17, 15) is 4.79 Å². The Morgan fingerprint density at radius 1 is 0.968 bits per heavy atom. The molecule has 1 aromatic heterocycles. The average molecular weight is 454 g/mol. The summed E-state index contributed by atoms with van der Waals surface area (Å²) in [5.41, 5.74) is 5.54. The van der Waals surface area contributed by atoms with Gasteiger partial charge in [0.15, 0.2) is 5.82 Å². The number of hydrogen-bond donors (Lipinski definition) is 1. The number of carbonyl (C=O) groups excluding carboxylic acids is 1. The highest BCUT2D eigenvalue weighted by molar-refractivity contribution is 8.00. The number of carbonyl (C=O) groups is 1. The number of fused-ring (bicyclic) bond motifs is 1. The molecule has 2 atom stereocenters. The number of likely N-dealkylation sites (tertiary alicyclic amines) is 1. The number of nitrogens with one attached hydrogen (secondary N) is 1. The molecule has 1 N–H and O–H groups in total. The maximum Gasteiger partial charge on any atom is 0.238 e. The Bertz CT molecular complexity index is 1050. The molecule has 5 rings (SSSR count). The molecule has 0 saturated carbocycles. The molecule has 2 aliphatic heterocycles. The second kappa shape index (κ2) is 8.93. The van der Waals surface area contributed by atoms with Crippen LogP contribution < -0.4 is 5.43 Å². The van der Waals surface area contributed by atoms with Crippen LogP contribution >= 0.6 is 23.4 Å². The van der Waals surface area contributed by atoms with E-state index in [1.807, 2.05) is 64.2 Å². The first-order valence-corrected chi connectivity index (χ1v) is 11.9. The van der Waals surface area contributed by atoms with E-state index in [4.69, 9.17) is 11.6 Å². The summed E-state index contributed by atoms with van der Waals surface area (Å²) in [6.07, 6.45) is 4.51. The third kappa shape index (κ3) is 4.16. The zero-order valence-electron chi connectivity index (χ0n) is 17.1. The first-order chi connectivity index (χ1) is 15.2. The molecule has 0 spiro atoms. The molecular formula is C23H24ClN5OS. The van der Waals surface area contributed by atoms with Gasteiger partial charge in [-0.25, -0.2) is 4.68 Å². The molecule has 1 saturated heterocycles. The number of halogens is 1. The van der Waals surface area contributed by atoms with E-state index >= 15 is 0 Å². The van der Waals surface area contributed by atoms with Crippen molar-refractivity contribution < 1.29 is 4.79 Å². The summed E-state index contributed by atoms with van der Waals surface area (Å²) in [6, 6.07) is 17.5. The van der Waals surface area contributed by atoms with Gasteiger partial charge in [-0.15, -0.1) is 10.2 Å². The molecule has 6 nitrogen and oxygen atoms in total. The molecule has 1 fully saturated rings. The Morgan fingerprint density at radius 3 is 2.39 bits per heavy atom. The molecule has 2 aromatic carbocycles. The van der Waals surface area contributed by atoms with E-state index in [1.54, 1.807) is 0 Å². The van der Waals surface area contributed by atoms with Crippen molar-refractivity contribution in [2.45, 2.75) is 42.1 Å². The zero-order valence-corrected chi connectivity index (χ0v) is 18.6. The van der Waals surface area contributed by atoms with E-state index in [0.717, 1.165) is 42.9 Å². The Balaban J connectivity index is 1.52. The van der Waals surface area contributed by atoms with Crippen LogP contribution in [0, 0.1) is 0 Å². The van der Waals surface area contributed by atoms with Crippen molar-refractivity contribution in [2.24, 2.45) is 0 Å². The normalized spacial score (nSPS) is 21.1. The van der Waals surface area contributed by atoms with Gasteiger partial charge in [0.25, 0.3) is 0 Å². The second-order valence-electron chi connectivity index (χ2n) is 7.94. The molecule has 0 bridgehead atoms. The quantitative estimate of drug-likeness (QED) is 0.619. The van der Waals surface area contributed by atoms with Gasteiger partial charge >= 0.3 is 0 Å². The molecule has 3 heterocycles. The van der Waals surface area contributed by atoms with E-state index in [0.29, 0.717) is 10.2 Å². The molecular weight excluding hydrogens is 430 g/mol. The fourth-order valence-electron chi connectivity index (χ4n) is 4.21. The first kappa shape index (κ1) is 20.4. The van der Waals surface area contributed by atoms with Crippen molar-refractivity contribution >= 4 is 29.3 Å². The number of thioether (sulfide) groups is 1. The summed E-state index contributed by atoms with van der Waals surface area (Å²) in [5.74, 6) is 0.901. The minimum absolute atomic E-state index is 0.162. The number of rotatable bonds is 3. The van der Waals surface area contributed by atoms with Gasteiger partial charge in [0.1, 0.15) is 5.25 Å². The maximum absolute atomic E-state index is 13.6. The molecule has 3 aromatic rings. The highest BCUT2D eigenvalue weighted by atomic mass is 35.5. The Hall–Kier alpha value is -2.51. The average Bonchev–Trinajstić information content (AvgIpc) is 3.02. The SMILES string of the molecule is O=C([C@H]1Sc2nnc(-c3ccccc3)n2N[C@H]1c1ccc(Cl)cc1)N1CCCCCC1. The van der Waals surface area contributed by atoms with Gasteiger partial charge < -0.3 is 10.3 Å². The van der Waals surface area contributed by atoms with Crippen LogP contribution in [0.2, 0.25) is 5.02 Å². The highest BCUT2D eigenvalue weighted by Crippen LogP contribution is 2.39. The van der Waals surface area contributed by atoms with Gasteiger partial charge in [-0.05, 0) is 30.5 Å². The van der Waals surface area contributed by atoms with Crippen LogP contribution in [0.5, 0.6) is 0 Å². The summed E-state index contributed by atoms with van der Waals surface area (Å²) < 4.78 is 1.91. The van der Waals surface area contributed by atoms with Crippen LogP contribution in [0.4, 0.5) is 0 Å². The molecule has 160 valence electrons. The Labute approximate surface area is 191 Å². The summed E-state index contributed by atoms with van der Waals surface area (Å²) in [4.78, 5) is 15.7. The van der Waals surface area contributed by atoms with Gasteiger partial charge in [-0.3, -0.25) is 4.79 Å². The molecule has 2 aliphatic rings. The van der Waals surface area contributed by atoms with E-state index in [2.05, 4.69) is 15.6 Å². The van der Waals surface area contributed by atoms with Crippen LogP contribution in [0.3, 0.4) is 0 Å². The lowest BCUT2D eigenvalue weighted by atomic mass is 10.0. The topological polar surface area (TPSA) is 63.1 Å². The summed E-state index contributed by atoms with van der Waals surface area (Å²) >= 11 is 7.62. The van der Waals surface area contributed by atoms with Crippen LogP contribution in [-0.4, -0.2) is 44.0 Å². The highest BCUT2D eigenvalue weighted by Gasteiger charge is 2.40. The number of nitrogens with zero attached hydrogens (tertiary/aromatic N) is 4. The first-order valence-electron chi connectivity index (χ1n) is 10.7. The Morgan fingerprint density at radius 2 is 1.68 bits per heavy atom. The van der Waals surface area contributed by atoms with E-state index in [1.165, 1.54) is 24.6 Å². The zero-order chi connectivity index (χ0) is 21.2. The fraction of sp³-hybridized carbons (Fsp3) is 0.348. The smallest absolute Gasteiger partial charge is 0.238 e. The predicted molar refractivity (Wildman–Crippen MR) is 124 cm³/mol. The molecule has 1 amide bonds. The standard InChI is InChI=1S/C23H24ClN5OS/c24-18-12-10-16(11-13-18)19-20(22(30)28-14-6-1-2-7-15-28)31-23-26-25-21(29(23)27-19)17-8-4-3-5-9-17/h3-5,8-13,19-20,27H,1-2,6-7,14-15H2/t19-,20-/m0/s1. The van der Waals surface area contributed by atoms with E-state index < -0.39 is 0 Å². The summed E-state index contributed by atoms with van der Waals surface area (Å²) in [7, 11) is 0. The number of benzene rings is 2. The van der Waals surface area contributed by atoms with Crippen LogP contribution in [0.15, 0.2) is 59.8 Å². The number of hydrogen-bond acceptors (Lipinski definition) is 5. The number of aromatic nitrogens is 3. The third-order valence-electron chi connectivity index (χ3n) is 5.86. The Kier molecular flexibility index (Phi) is 5.87. The molecule has 8 heteroatoms. The minimum Gasteiger partial charge on any atom is -0.342 e. The lowest BCUT2D eigenvalue weighted by molar-refractivity contribution is -0.131. The minimum atomic E-state index is -0.320. The number of amides is 1. The van der Waals surface area contributed by atoms with Gasteiger partial charge in [0.05, 0.1) is 6.04 Å². The maximum atomic E-state index is 13.6. The van der Waals surface area contributed by atoms with Crippen molar-refractivity contribution in [3.8, 4) is 11.4 Å². The van der Waals surface area contributed by atoms with Gasteiger partial charge in [0.2, 0.25) is 11.1 Å². The van der Waals surface area contributed by atoms with Crippen molar-refractivity contribution in [2.75, 3.05) is 18.5 Å². The van der Waals surface area contributed by atoms with Gasteiger partial charge in [0, 0.05) is 23.7 Å². The molecule has 0 radical (unpaired) electrons. The lowest BCUT2D eigenvalue weighted by Gasteiger charge is -2.35. The largest absolute Gasteiger partial charge is 0.342 e. The molecule has 0 aliphatic carbocycles. The predicted octanol–water partition coefficient (Wildman–Crippen LogP) is 4.76. The second-order valence-corrected chi connectivity index (χ2v) is 9.49. The van der Waals surface area contributed by atoms with Crippen LogP contribution in [0.25, 0.3) is 11.4 Å². The monoisotopic (exact) mass is 453 g/mol. The molecule has 0 unspecified atom stereocenters. The van der Waals surface area contributed by atoms with Crippen molar-refractivity contribution in [1.29, 1.82) is 0 Å². The summed E-state index contributed by atoms with van der Waals surface area (Å²) in [5, 5.41) is 9.87. The van der Waals surface area contributed by atoms with Crippen LogP contribution in [0.1, 0.15) is 37.3 Å². The van der Waals surface area contributed by atoms with E-state index in [-0.39, 0.29) is 17.2 Å². The fourth-order valence-corrected chi connectivity index (χ4v) is 5.50. The molecule has 31 heavy (non-hydrogen) atoms. The van der Waals surface area contributed by atoms with Crippen LogP contribution in [-0.2, 0) is 4.79 Å². The lowest BCUT2D eigenvalue weighted by Crippen LogP contribution is -2.46. The van der Waals surface area contributed by atoms with Gasteiger partial charge in [-0.1, -0.05) is 78.7 Å². The van der Waals surface area contributed by atoms with Crippen molar-refractivity contribution in [3.05, 3.63) is 65.2 Å². The van der Waals surface area contributed by atoms with Gasteiger partial charge in [-0.2, -0.15) is 0 Å². The van der Waals surface area contributed by atoms with Crippen molar-refractivity contribution in [3.63, 3.8) is 0 Å². The third-order valence-corrected chi connectivity index (χ3v) is 7.31.